The molecule has 78 valence electrons. The van der Waals surface area contributed by atoms with Crippen LogP contribution in [0, 0.1) is 11.8 Å². The summed E-state index contributed by atoms with van der Waals surface area (Å²) in [5.74, 6) is 5.67. The maximum atomic E-state index is 10.3. The lowest BCUT2D eigenvalue weighted by atomic mass is 10.1. The summed E-state index contributed by atoms with van der Waals surface area (Å²) in [6.45, 7) is 0.783. The van der Waals surface area contributed by atoms with Crippen LogP contribution in [0.3, 0.4) is 0 Å². The largest absolute Gasteiger partial charge is 0.352 e. The first-order valence-electron chi connectivity index (χ1n) is 4.53. The lowest BCUT2D eigenvalue weighted by Crippen LogP contribution is -2.29. The Morgan fingerprint density at radius 1 is 1.33 bits per heavy atom. The van der Waals surface area contributed by atoms with E-state index in [-0.39, 0.29) is 6.54 Å². The fourth-order valence-electron chi connectivity index (χ4n) is 1.00. The summed E-state index contributed by atoms with van der Waals surface area (Å²) in [6.07, 6.45) is 0. The second-order valence-electron chi connectivity index (χ2n) is 2.92. The van der Waals surface area contributed by atoms with E-state index < -0.39 is 6.03 Å². The number of benzene rings is 1. The molecule has 0 unspecified atom stereocenters. The quantitative estimate of drug-likeness (QED) is 0.599. The lowest BCUT2D eigenvalue weighted by molar-refractivity contribution is 0.250. The zero-order chi connectivity index (χ0) is 11.1. The first-order valence-corrected chi connectivity index (χ1v) is 4.53. The van der Waals surface area contributed by atoms with E-state index in [0.717, 1.165) is 11.1 Å². The molecule has 0 spiro atoms. The van der Waals surface area contributed by atoms with E-state index in [1.165, 1.54) is 0 Å². The van der Waals surface area contributed by atoms with Gasteiger partial charge >= 0.3 is 6.03 Å². The van der Waals surface area contributed by atoms with Gasteiger partial charge in [-0.15, -0.1) is 0 Å². The number of carbonyl (C=O) groups excluding carboxylic acids is 1. The molecule has 0 saturated carbocycles. The van der Waals surface area contributed by atoms with Crippen molar-refractivity contribution in [3.05, 3.63) is 35.4 Å². The summed E-state index contributed by atoms with van der Waals surface area (Å²) in [5.41, 5.74) is 12.3. The van der Waals surface area contributed by atoms with Crippen LogP contribution >= 0.6 is 0 Å². The van der Waals surface area contributed by atoms with Crippen molar-refractivity contribution in [2.24, 2.45) is 11.5 Å². The lowest BCUT2D eigenvalue weighted by Gasteiger charge is -1.95. The molecule has 0 bridgehead atoms. The van der Waals surface area contributed by atoms with Gasteiger partial charge in [-0.2, -0.15) is 0 Å². The molecule has 4 nitrogen and oxygen atoms in total. The van der Waals surface area contributed by atoms with E-state index in [9.17, 15) is 4.79 Å². The summed E-state index contributed by atoms with van der Waals surface area (Å²) in [6, 6.07) is 7.05. The molecule has 15 heavy (non-hydrogen) atoms. The van der Waals surface area contributed by atoms with Crippen LogP contribution in [0.25, 0.3) is 0 Å². The van der Waals surface area contributed by atoms with Gasteiger partial charge in [0.15, 0.2) is 0 Å². The molecule has 0 aliphatic carbocycles. The Bertz CT molecular complexity index is 387. The highest BCUT2D eigenvalue weighted by molar-refractivity contribution is 5.71. The van der Waals surface area contributed by atoms with Gasteiger partial charge in [0, 0.05) is 12.1 Å². The summed E-state index contributed by atoms with van der Waals surface area (Å²) < 4.78 is 0. The van der Waals surface area contributed by atoms with E-state index in [4.69, 9.17) is 11.5 Å². The molecule has 0 radical (unpaired) electrons. The summed E-state index contributed by atoms with van der Waals surface area (Å²) in [4.78, 5) is 10.3. The minimum Gasteiger partial charge on any atom is -0.352 e. The van der Waals surface area contributed by atoms with E-state index in [1.54, 1.807) is 0 Å². The smallest absolute Gasteiger partial charge is 0.312 e. The maximum Gasteiger partial charge on any atom is 0.312 e. The molecule has 2 amide bonds. The highest BCUT2D eigenvalue weighted by atomic mass is 16.2. The topological polar surface area (TPSA) is 81.1 Å². The van der Waals surface area contributed by atoms with Crippen molar-refractivity contribution < 1.29 is 4.79 Å². The van der Waals surface area contributed by atoms with Gasteiger partial charge in [0.05, 0.1) is 6.54 Å². The highest BCUT2D eigenvalue weighted by Gasteiger charge is 1.89. The zero-order valence-electron chi connectivity index (χ0n) is 8.29. The molecule has 4 heteroatoms. The second kappa shape index (κ2) is 5.68. The van der Waals surface area contributed by atoms with Crippen molar-refractivity contribution in [1.29, 1.82) is 0 Å². The number of rotatable bonds is 2. The van der Waals surface area contributed by atoms with E-state index in [1.807, 2.05) is 24.3 Å². The van der Waals surface area contributed by atoms with Crippen LogP contribution in [0.15, 0.2) is 24.3 Å². The monoisotopic (exact) mass is 203 g/mol. The van der Waals surface area contributed by atoms with Crippen LogP contribution in [-0.4, -0.2) is 12.6 Å². The Labute approximate surface area is 88.6 Å². The maximum absolute atomic E-state index is 10.3. The first kappa shape index (κ1) is 11.1. The number of carbonyl (C=O) groups is 1. The number of nitrogens with one attached hydrogen (secondary N) is 1. The van der Waals surface area contributed by atoms with Crippen molar-refractivity contribution in [2.45, 2.75) is 6.54 Å². The van der Waals surface area contributed by atoms with E-state index >= 15 is 0 Å². The molecule has 0 fully saturated rings. The van der Waals surface area contributed by atoms with Gasteiger partial charge in [-0.3, -0.25) is 0 Å². The van der Waals surface area contributed by atoms with Gasteiger partial charge in [0.25, 0.3) is 0 Å². The molecular formula is C11H13N3O. The van der Waals surface area contributed by atoms with Gasteiger partial charge in [-0.05, 0) is 17.7 Å². The summed E-state index contributed by atoms with van der Waals surface area (Å²) in [5, 5.41) is 2.38. The highest BCUT2D eigenvalue weighted by Crippen LogP contribution is 2.01. The standard InChI is InChI=1S/C11H13N3O/c12-8-10-5-3-9(4-6-10)2-1-7-14-11(13)15/h3-6H,7-8,12H2,(H3,13,14,15). The van der Waals surface area contributed by atoms with Crippen molar-refractivity contribution in [3.8, 4) is 11.8 Å². The SMILES string of the molecule is NCc1ccc(C#CCNC(N)=O)cc1. The van der Waals surface area contributed by atoms with Crippen molar-refractivity contribution >= 4 is 6.03 Å². The number of nitrogens with two attached hydrogens (primary N) is 2. The zero-order valence-corrected chi connectivity index (χ0v) is 8.29. The van der Waals surface area contributed by atoms with Crippen molar-refractivity contribution in [2.75, 3.05) is 6.54 Å². The molecular weight excluding hydrogens is 190 g/mol. The Morgan fingerprint density at radius 2 is 2.00 bits per heavy atom. The molecule has 1 aromatic rings. The van der Waals surface area contributed by atoms with Crippen molar-refractivity contribution in [1.82, 2.24) is 5.32 Å². The summed E-state index contributed by atoms with van der Waals surface area (Å²) >= 11 is 0. The number of amides is 2. The second-order valence-corrected chi connectivity index (χ2v) is 2.92. The normalized spacial score (nSPS) is 8.87. The number of hydrogen-bond donors (Lipinski definition) is 3. The fraction of sp³-hybridized carbons (Fsp3) is 0.182. The number of hydrogen-bond acceptors (Lipinski definition) is 2. The average molecular weight is 203 g/mol. The fourth-order valence-corrected chi connectivity index (χ4v) is 1.00. The number of urea groups is 1. The van der Waals surface area contributed by atoms with Gasteiger partial charge in [0.2, 0.25) is 0 Å². The van der Waals surface area contributed by atoms with Crippen LogP contribution in [0.1, 0.15) is 11.1 Å². The first-order chi connectivity index (χ1) is 7.22. The van der Waals surface area contributed by atoms with Crippen LogP contribution in [0.2, 0.25) is 0 Å². The molecule has 1 aromatic carbocycles. The van der Waals surface area contributed by atoms with Gasteiger partial charge in [-0.1, -0.05) is 24.0 Å². The molecule has 0 saturated heterocycles. The number of primary amides is 1. The Morgan fingerprint density at radius 3 is 2.53 bits per heavy atom. The Hall–Kier alpha value is -1.99. The van der Waals surface area contributed by atoms with Gasteiger partial charge < -0.3 is 16.8 Å². The van der Waals surface area contributed by atoms with Crippen LogP contribution < -0.4 is 16.8 Å². The molecule has 0 aliphatic rings. The van der Waals surface area contributed by atoms with Crippen LogP contribution in [0.4, 0.5) is 4.79 Å². The minimum absolute atomic E-state index is 0.258. The van der Waals surface area contributed by atoms with E-state index in [2.05, 4.69) is 17.2 Å². The summed E-state index contributed by atoms with van der Waals surface area (Å²) in [7, 11) is 0. The third-order valence-electron chi connectivity index (χ3n) is 1.77. The third-order valence-corrected chi connectivity index (χ3v) is 1.77. The predicted octanol–water partition coefficient (Wildman–Crippen LogP) is 0.165. The molecule has 5 N–H and O–H groups in total. The molecule has 0 aliphatic heterocycles. The van der Waals surface area contributed by atoms with Gasteiger partial charge in [0.1, 0.15) is 0 Å². The van der Waals surface area contributed by atoms with E-state index in [0.29, 0.717) is 6.54 Å². The van der Waals surface area contributed by atoms with Crippen LogP contribution in [0.5, 0.6) is 0 Å². The molecule has 0 aromatic heterocycles. The predicted molar refractivity (Wildman–Crippen MR) is 58.8 cm³/mol. The Kier molecular flexibility index (Phi) is 4.20. The molecule has 1 rings (SSSR count). The van der Waals surface area contributed by atoms with Crippen LogP contribution in [-0.2, 0) is 6.54 Å². The minimum atomic E-state index is -0.567. The van der Waals surface area contributed by atoms with Crippen molar-refractivity contribution in [3.63, 3.8) is 0 Å². The van der Waals surface area contributed by atoms with Gasteiger partial charge in [-0.25, -0.2) is 4.79 Å². The molecule has 0 atom stereocenters. The third kappa shape index (κ3) is 4.16. The molecule has 0 heterocycles. The Balaban J connectivity index is 2.52. The average Bonchev–Trinajstić information content (AvgIpc) is 2.25.